The zero-order valence-electron chi connectivity index (χ0n) is 17.1. The Bertz CT molecular complexity index is 878. The molecule has 0 aromatic heterocycles. The van der Waals surface area contributed by atoms with Crippen LogP contribution in [0.25, 0.3) is 0 Å². The zero-order valence-corrected chi connectivity index (χ0v) is 17.9. The Hall–Kier alpha value is -2.40. The van der Waals surface area contributed by atoms with Crippen LogP contribution in [0.3, 0.4) is 0 Å². The standard InChI is InChI=1S/C23H29N3OS/c1-15(2)22(20-11-10-16(3)13-17(20)4)25-23(28)24-18-7-5-8-19(14-18)26-12-6-9-21(26)27/h5,7-8,10-11,13-15,22H,6,9,12H2,1-4H3,(H2,24,25,28). The molecule has 1 saturated heterocycles. The van der Waals surface area contributed by atoms with Gasteiger partial charge in [0.15, 0.2) is 5.11 Å². The smallest absolute Gasteiger partial charge is 0.227 e. The molecular weight excluding hydrogens is 366 g/mol. The number of anilines is 2. The summed E-state index contributed by atoms with van der Waals surface area (Å²) < 4.78 is 0. The molecule has 0 spiro atoms. The molecule has 1 amide bonds. The molecule has 5 heteroatoms. The maximum atomic E-state index is 12.0. The maximum Gasteiger partial charge on any atom is 0.227 e. The third kappa shape index (κ3) is 4.71. The molecule has 2 N–H and O–H groups in total. The first-order valence-electron chi connectivity index (χ1n) is 9.90. The van der Waals surface area contributed by atoms with Gasteiger partial charge in [-0.25, -0.2) is 0 Å². The summed E-state index contributed by atoms with van der Waals surface area (Å²) in [5, 5.41) is 7.35. The highest BCUT2D eigenvalue weighted by atomic mass is 32.1. The lowest BCUT2D eigenvalue weighted by Crippen LogP contribution is -2.35. The van der Waals surface area contributed by atoms with Gasteiger partial charge in [0.25, 0.3) is 0 Å². The number of hydrogen-bond acceptors (Lipinski definition) is 2. The number of carbonyl (C=O) groups excluding carboxylic acids is 1. The Morgan fingerprint density at radius 2 is 1.93 bits per heavy atom. The molecule has 1 aliphatic heterocycles. The third-order valence-electron chi connectivity index (χ3n) is 5.20. The topological polar surface area (TPSA) is 44.4 Å². The minimum atomic E-state index is 0.129. The van der Waals surface area contributed by atoms with E-state index in [4.69, 9.17) is 12.2 Å². The van der Waals surface area contributed by atoms with Gasteiger partial charge < -0.3 is 15.5 Å². The summed E-state index contributed by atoms with van der Waals surface area (Å²) in [5.74, 6) is 0.572. The Morgan fingerprint density at radius 1 is 1.14 bits per heavy atom. The summed E-state index contributed by atoms with van der Waals surface area (Å²) in [6.45, 7) is 9.43. The predicted molar refractivity (Wildman–Crippen MR) is 121 cm³/mol. The maximum absolute atomic E-state index is 12.0. The van der Waals surface area contributed by atoms with Crippen molar-refractivity contribution < 1.29 is 4.79 Å². The Labute approximate surface area is 173 Å². The molecule has 2 aromatic rings. The van der Waals surface area contributed by atoms with Crippen LogP contribution >= 0.6 is 12.2 Å². The van der Waals surface area contributed by atoms with Crippen LogP contribution in [0.2, 0.25) is 0 Å². The number of rotatable bonds is 5. The number of benzene rings is 2. The van der Waals surface area contributed by atoms with Crippen molar-refractivity contribution >= 4 is 34.6 Å². The van der Waals surface area contributed by atoms with Gasteiger partial charge >= 0.3 is 0 Å². The van der Waals surface area contributed by atoms with E-state index in [-0.39, 0.29) is 11.9 Å². The molecular formula is C23H29N3OS. The molecule has 1 atom stereocenters. The molecule has 148 valence electrons. The second-order valence-electron chi connectivity index (χ2n) is 7.88. The van der Waals surface area contributed by atoms with Crippen LogP contribution < -0.4 is 15.5 Å². The minimum absolute atomic E-state index is 0.129. The van der Waals surface area contributed by atoms with Crippen molar-refractivity contribution in [3.05, 3.63) is 59.2 Å². The molecule has 1 aliphatic rings. The molecule has 28 heavy (non-hydrogen) atoms. The summed E-state index contributed by atoms with van der Waals surface area (Å²) in [6, 6.07) is 14.5. The first-order chi connectivity index (χ1) is 13.3. The van der Waals surface area contributed by atoms with E-state index in [1.54, 1.807) is 0 Å². The number of hydrogen-bond donors (Lipinski definition) is 2. The minimum Gasteiger partial charge on any atom is -0.355 e. The van der Waals surface area contributed by atoms with E-state index in [9.17, 15) is 4.79 Å². The van der Waals surface area contributed by atoms with Gasteiger partial charge in [0.1, 0.15) is 0 Å². The summed E-state index contributed by atoms with van der Waals surface area (Å²) in [6.07, 6.45) is 1.55. The molecule has 2 aromatic carbocycles. The van der Waals surface area contributed by atoms with Crippen molar-refractivity contribution in [3.8, 4) is 0 Å². The average molecular weight is 396 g/mol. The lowest BCUT2D eigenvalue weighted by Gasteiger charge is -2.26. The Morgan fingerprint density at radius 3 is 2.57 bits per heavy atom. The third-order valence-corrected chi connectivity index (χ3v) is 5.42. The van der Waals surface area contributed by atoms with Gasteiger partial charge in [-0.1, -0.05) is 43.7 Å². The molecule has 4 nitrogen and oxygen atoms in total. The van der Waals surface area contributed by atoms with Crippen molar-refractivity contribution in [1.82, 2.24) is 5.32 Å². The SMILES string of the molecule is Cc1ccc(C(NC(=S)Nc2cccc(N3CCCC3=O)c2)C(C)C)c(C)c1. The lowest BCUT2D eigenvalue weighted by atomic mass is 9.92. The van der Waals surface area contributed by atoms with E-state index in [1.807, 2.05) is 29.2 Å². The number of carbonyl (C=O) groups is 1. The number of nitrogens with one attached hydrogen (secondary N) is 2. The van der Waals surface area contributed by atoms with Crippen LogP contribution in [-0.2, 0) is 4.79 Å². The van der Waals surface area contributed by atoms with Gasteiger partial charge in [0.2, 0.25) is 5.91 Å². The second kappa shape index (κ2) is 8.74. The van der Waals surface area contributed by atoms with E-state index >= 15 is 0 Å². The molecule has 1 fully saturated rings. The fraction of sp³-hybridized carbons (Fsp3) is 0.391. The first kappa shape index (κ1) is 20.3. The van der Waals surface area contributed by atoms with Crippen LogP contribution in [0.1, 0.15) is 49.4 Å². The van der Waals surface area contributed by atoms with E-state index in [1.165, 1.54) is 16.7 Å². The predicted octanol–water partition coefficient (Wildman–Crippen LogP) is 5.11. The summed E-state index contributed by atoms with van der Waals surface area (Å²) in [5.41, 5.74) is 5.60. The fourth-order valence-electron chi connectivity index (χ4n) is 3.76. The monoisotopic (exact) mass is 395 g/mol. The van der Waals surface area contributed by atoms with Gasteiger partial charge in [0.05, 0.1) is 6.04 Å². The van der Waals surface area contributed by atoms with Crippen LogP contribution in [0, 0.1) is 19.8 Å². The molecule has 1 unspecified atom stereocenters. The number of aryl methyl sites for hydroxylation is 2. The molecule has 3 rings (SSSR count). The van der Waals surface area contributed by atoms with E-state index in [0.29, 0.717) is 17.5 Å². The quantitative estimate of drug-likeness (QED) is 0.690. The zero-order chi connectivity index (χ0) is 20.3. The van der Waals surface area contributed by atoms with E-state index < -0.39 is 0 Å². The molecule has 0 bridgehead atoms. The summed E-state index contributed by atoms with van der Waals surface area (Å²) in [4.78, 5) is 13.9. The Kier molecular flexibility index (Phi) is 6.35. The van der Waals surface area contributed by atoms with Crippen molar-refractivity contribution in [1.29, 1.82) is 0 Å². The van der Waals surface area contributed by atoms with E-state index in [0.717, 1.165) is 24.3 Å². The number of amides is 1. The first-order valence-corrected chi connectivity index (χ1v) is 10.3. The van der Waals surface area contributed by atoms with E-state index in [2.05, 4.69) is 56.5 Å². The lowest BCUT2D eigenvalue weighted by molar-refractivity contribution is -0.117. The summed E-state index contributed by atoms with van der Waals surface area (Å²) in [7, 11) is 0. The van der Waals surface area contributed by atoms with Gasteiger partial charge in [0, 0.05) is 24.3 Å². The fourth-order valence-corrected chi connectivity index (χ4v) is 4.00. The van der Waals surface area contributed by atoms with Gasteiger partial charge in [-0.3, -0.25) is 4.79 Å². The molecule has 1 heterocycles. The highest BCUT2D eigenvalue weighted by molar-refractivity contribution is 7.80. The van der Waals surface area contributed by atoms with Crippen LogP contribution in [-0.4, -0.2) is 17.6 Å². The second-order valence-corrected chi connectivity index (χ2v) is 8.29. The summed E-state index contributed by atoms with van der Waals surface area (Å²) >= 11 is 5.60. The molecule has 0 saturated carbocycles. The molecule has 0 aliphatic carbocycles. The van der Waals surface area contributed by atoms with Crippen molar-refractivity contribution in [3.63, 3.8) is 0 Å². The number of nitrogens with zero attached hydrogens (tertiary/aromatic N) is 1. The van der Waals surface area contributed by atoms with Crippen molar-refractivity contribution in [2.24, 2.45) is 5.92 Å². The van der Waals surface area contributed by atoms with Gasteiger partial charge in [-0.05, 0) is 67.7 Å². The van der Waals surface area contributed by atoms with Crippen LogP contribution in [0.5, 0.6) is 0 Å². The highest BCUT2D eigenvalue weighted by Gasteiger charge is 2.22. The number of thiocarbonyl (C=S) groups is 1. The van der Waals surface area contributed by atoms with Crippen molar-refractivity contribution in [2.75, 3.05) is 16.8 Å². The van der Waals surface area contributed by atoms with Crippen molar-refractivity contribution in [2.45, 2.75) is 46.6 Å². The van der Waals surface area contributed by atoms with Crippen LogP contribution in [0.15, 0.2) is 42.5 Å². The average Bonchev–Trinajstić information content (AvgIpc) is 3.06. The molecule has 0 radical (unpaired) electrons. The largest absolute Gasteiger partial charge is 0.355 e. The Balaban J connectivity index is 1.72. The van der Waals surface area contributed by atoms with Crippen LogP contribution in [0.4, 0.5) is 11.4 Å². The van der Waals surface area contributed by atoms with Gasteiger partial charge in [-0.15, -0.1) is 0 Å². The normalized spacial score (nSPS) is 15.0. The van der Waals surface area contributed by atoms with Gasteiger partial charge in [-0.2, -0.15) is 0 Å². The highest BCUT2D eigenvalue weighted by Crippen LogP contribution is 2.27.